The lowest BCUT2D eigenvalue weighted by molar-refractivity contribution is -0.141. The fourth-order valence-electron chi connectivity index (χ4n) is 1.47. The van der Waals surface area contributed by atoms with Crippen LogP contribution >= 0.6 is 0 Å². The highest BCUT2D eigenvalue weighted by atomic mass is 16.5. The van der Waals surface area contributed by atoms with Gasteiger partial charge in [-0.1, -0.05) is 0 Å². The Kier molecular flexibility index (Phi) is 5.66. The number of rotatable bonds is 6. The minimum Gasteiger partial charge on any atom is -0.494 e. The zero-order valence-corrected chi connectivity index (χ0v) is 11.1. The fourth-order valence-corrected chi connectivity index (χ4v) is 1.47. The van der Waals surface area contributed by atoms with Gasteiger partial charge in [-0.05, 0) is 26.0 Å². The van der Waals surface area contributed by atoms with Crippen LogP contribution in [-0.4, -0.2) is 31.6 Å². The summed E-state index contributed by atoms with van der Waals surface area (Å²) in [5.41, 5.74) is 6.44. The molecule has 0 heterocycles. The lowest BCUT2D eigenvalue weighted by Gasteiger charge is -2.08. The van der Waals surface area contributed by atoms with Crippen molar-refractivity contribution in [3.63, 3.8) is 0 Å². The Morgan fingerprint density at radius 3 is 2.58 bits per heavy atom. The van der Waals surface area contributed by atoms with Gasteiger partial charge >= 0.3 is 5.97 Å². The molecule has 0 spiro atoms. The first-order valence-electron chi connectivity index (χ1n) is 6.04. The van der Waals surface area contributed by atoms with Crippen LogP contribution in [0.25, 0.3) is 0 Å². The molecule has 19 heavy (non-hydrogen) atoms. The number of esters is 1. The van der Waals surface area contributed by atoms with E-state index >= 15 is 0 Å². The first kappa shape index (κ1) is 14.8. The van der Waals surface area contributed by atoms with E-state index < -0.39 is 11.9 Å². The fraction of sp³-hybridized carbons (Fsp3) is 0.385. The van der Waals surface area contributed by atoms with Crippen molar-refractivity contribution in [2.75, 3.05) is 25.5 Å². The van der Waals surface area contributed by atoms with Crippen molar-refractivity contribution >= 4 is 17.6 Å². The van der Waals surface area contributed by atoms with E-state index in [1.165, 1.54) is 6.07 Å². The SMILES string of the molecule is CCOC(=O)CNC(=O)c1cc(N)cc(OCC)c1. The predicted molar refractivity (Wildman–Crippen MR) is 71.0 cm³/mol. The highest BCUT2D eigenvalue weighted by Crippen LogP contribution is 2.18. The molecule has 1 amide bonds. The summed E-state index contributed by atoms with van der Waals surface area (Å²) in [5, 5.41) is 2.46. The van der Waals surface area contributed by atoms with Crippen LogP contribution in [0.1, 0.15) is 24.2 Å². The van der Waals surface area contributed by atoms with Gasteiger partial charge in [0.2, 0.25) is 0 Å². The number of anilines is 1. The maximum Gasteiger partial charge on any atom is 0.325 e. The molecule has 0 radical (unpaired) electrons. The molecule has 104 valence electrons. The maximum absolute atomic E-state index is 11.8. The number of carbonyl (C=O) groups excluding carboxylic acids is 2. The van der Waals surface area contributed by atoms with Gasteiger partial charge in [-0.2, -0.15) is 0 Å². The second-order valence-corrected chi connectivity index (χ2v) is 3.71. The monoisotopic (exact) mass is 266 g/mol. The summed E-state index contributed by atoms with van der Waals surface area (Å²) in [5.74, 6) is -0.366. The van der Waals surface area contributed by atoms with Gasteiger partial charge in [-0.15, -0.1) is 0 Å². The number of nitrogen functional groups attached to an aromatic ring is 1. The zero-order chi connectivity index (χ0) is 14.3. The second kappa shape index (κ2) is 7.25. The predicted octanol–water partition coefficient (Wildman–Crippen LogP) is 0.960. The number of benzene rings is 1. The Labute approximate surface area is 111 Å². The Hall–Kier alpha value is -2.24. The minimum atomic E-state index is -0.482. The van der Waals surface area contributed by atoms with Gasteiger partial charge in [0.05, 0.1) is 13.2 Å². The molecule has 0 aliphatic rings. The Bertz CT molecular complexity index is 460. The number of hydrogen-bond acceptors (Lipinski definition) is 5. The average Bonchev–Trinajstić information content (AvgIpc) is 2.36. The summed E-state index contributed by atoms with van der Waals surface area (Å²) in [4.78, 5) is 23.0. The largest absolute Gasteiger partial charge is 0.494 e. The van der Waals surface area contributed by atoms with Crippen molar-refractivity contribution < 1.29 is 19.1 Å². The molecule has 1 aromatic carbocycles. The molecule has 3 N–H and O–H groups in total. The molecule has 0 atom stereocenters. The van der Waals surface area contributed by atoms with Crippen molar-refractivity contribution in [2.24, 2.45) is 0 Å². The summed E-state index contributed by atoms with van der Waals surface area (Å²) in [7, 11) is 0. The third-order valence-corrected chi connectivity index (χ3v) is 2.20. The molecule has 0 bridgehead atoms. The molecule has 0 unspecified atom stereocenters. The van der Waals surface area contributed by atoms with Gasteiger partial charge in [0, 0.05) is 17.3 Å². The second-order valence-electron chi connectivity index (χ2n) is 3.71. The highest BCUT2D eigenvalue weighted by molar-refractivity contribution is 5.97. The maximum atomic E-state index is 11.8. The number of amides is 1. The Morgan fingerprint density at radius 1 is 1.21 bits per heavy atom. The van der Waals surface area contributed by atoms with Crippen LogP contribution < -0.4 is 15.8 Å². The summed E-state index contributed by atoms with van der Waals surface area (Å²) < 4.78 is 10.0. The number of carbonyl (C=O) groups is 2. The average molecular weight is 266 g/mol. The quantitative estimate of drug-likeness (QED) is 0.591. The van der Waals surface area contributed by atoms with E-state index in [4.69, 9.17) is 15.2 Å². The van der Waals surface area contributed by atoms with Crippen LogP contribution in [0.3, 0.4) is 0 Å². The molecule has 0 fully saturated rings. The van der Waals surface area contributed by atoms with Crippen molar-refractivity contribution in [3.05, 3.63) is 23.8 Å². The van der Waals surface area contributed by atoms with Gasteiger partial charge in [-0.25, -0.2) is 0 Å². The van der Waals surface area contributed by atoms with E-state index in [2.05, 4.69) is 5.32 Å². The van der Waals surface area contributed by atoms with Crippen LogP contribution in [0.4, 0.5) is 5.69 Å². The summed E-state index contributed by atoms with van der Waals surface area (Å²) in [6.07, 6.45) is 0. The van der Waals surface area contributed by atoms with E-state index in [9.17, 15) is 9.59 Å². The minimum absolute atomic E-state index is 0.175. The van der Waals surface area contributed by atoms with Crippen LogP contribution in [0, 0.1) is 0 Å². The third kappa shape index (κ3) is 4.87. The normalized spacial score (nSPS) is 9.79. The Balaban J connectivity index is 2.68. The smallest absolute Gasteiger partial charge is 0.325 e. The molecule has 1 rings (SSSR count). The molecule has 0 aliphatic heterocycles. The first-order valence-corrected chi connectivity index (χ1v) is 6.04. The van der Waals surface area contributed by atoms with E-state index in [1.807, 2.05) is 6.92 Å². The van der Waals surface area contributed by atoms with E-state index in [1.54, 1.807) is 19.1 Å². The van der Waals surface area contributed by atoms with E-state index in [-0.39, 0.29) is 13.2 Å². The number of ether oxygens (including phenoxy) is 2. The topological polar surface area (TPSA) is 90.7 Å². The zero-order valence-electron chi connectivity index (χ0n) is 11.1. The molecule has 6 nitrogen and oxygen atoms in total. The van der Waals surface area contributed by atoms with Gasteiger partial charge in [0.1, 0.15) is 12.3 Å². The number of hydrogen-bond donors (Lipinski definition) is 2. The molecule has 6 heteroatoms. The van der Waals surface area contributed by atoms with Crippen molar-refractivity contribution in [3.8, 4) is 5.75 Å². The standard InChI is InChI=1S/C13H18N2O4/c1-3-18-11-6-9(5-10(14)7-11)13(17)15-8-12(16)19-4-2/h5-7H,3-4,8,14H2,1-2H3,(H,15,17). The van der Waals surface area contributed by atoms with Gasteiger partial charge in [0.15, 0.2) is 0 Å². The Morgan fingerprint density at radius 2 is 1.95 bits per heavy atom. The summed E-state index contributed by atoms with van der Waals surface area (Å²) in [6.45, 7) is 4.12. The van der Waals surface area contributed by atoms with Gasteiger partial charge < -0.3 is 20.5 Å². The van der Waals surface area contributed by atoms with Crippen molar-refractivity contribution in [1.82, 2.24) is 5.32 Å². The van der Waals surface area contributed by atoms with Crippen molar-refractivity contribution in [2.45, 2.75) is 13.8 Å². The van der Waals surface area contributed by atoms with Crippen molar-refractivity contribution in [1.29, 1.82) is 0 Å². The lowest BCUT2D eigenvalue weighted by atomic mass is 10.1. The summed E-state index contributed by atoms with van der Waals surface area (Å²) in [6, 6.07) is 4.72. The first-order chi connectivity index (χ1) is 9.06. The molecule has 1 aromatic rings. The number of nitrogens with two attached hydrogens (primary N) is 1. The third-order valence-electron chi connectivity index (χ3n) is 2.20. The molecule has 0 aliphatic carbocycles. The molecular weight excluding hydrogens is 248 g/mol. The number of nitrogens with one attached hydrogen (secondary N) is 1. The summed E-state index contributed by atoms with van der Waals surface area (Å²) >= 11 is 0. The van der Waals surface area contributed by atoms with Gasteiger partial charge in [0.25, 0.3) is 5.91 Å². The highest BCUT2D eigenvalue weighted by Gasteiger charge is 2.10. The molecule has 0 saturated carbocycles. The van der Waals surface area contributed by atoms with Crippen LogP contribution in [-0.2, 0) is 9.53 Å². The van der Waals surface area contributed by atoms with Gasteiger partial charge in [-0.3, -0.25) is 9.59 Å². The molecule has 0 saturated heterocycles. The lowest BCUT2D eigenvalue weighted by Crippen LogP contribution is -2.30. The van der Waals surface area contributed by atoms with Crippen LogP contribution in [0.2, 0.25) is 0 Å². The van der Waals surface area contributed by atoms with Crippen LogP contribution in [0.5, 0.6) is 5.75 Å². The molecule has 0 aromatic heterocycles. The van der Waals surface area contributed by atoms with E-state index in [0.717, 1.165) is 0 Å². The van der Waals surface area contributed by atoms with E-state index in [0.29, 0.717) is 23.6 Å². The van der Waals surface area contributed by atoms with Crippen LogP contribution in [0.15, 0.2) is 18.2 Å². The molecular formula is C13H18N2O4.